The van der Waals surface area contributed by atoms with E-state index in [9.17, 15) is 9.59 Å². The van der Waals surface area contributed by atoms with Crippen LogP contribution in [0, 0.1) is 5.92 Å². The molecule has 0 aromatic carbocycles. The maximum Gasteiger partial charge on any atom is 0.341 e. The van der Waals surface area contributed by atoms with E-state index in [-0.39, 0.29) is 11.7 Å². The molecule has 0 saturated carbocycles. The van der Waals surface area contributed by atoms with E-state index in [2.05, 4.69) is 34.7 Å². The first-order chi connectivity index (χ1) is 12.9. The van der Waals surface area contributed by atoms with Crippen LogP contribution in [0.5, 0.6) is 0 Å². The Kier molecular flexibility index (Phi) is 8.52. The van der Waals surface area contributed by atoms with E-state index in [4.69, 9.17) is 4.74 Å². The van der Waals surface area contributed by atoms with Gasteiger partial charge in [0.25, 0.3) is 0 Å². The molecule has 2 heterocycles. The lowest BCUT2D eigenvalue weighted by molar-refractivity contribution is -0.113. The Morgan fingerprint density at radius 3 is 2.74 bits per heavy atom. The summed E-state index contributed by atoms with van der Waals surface area (Å²) in [6.45, 7) is 9.00. The third-order valence-corrected chi connectivity index (χ3v) is 6.25. The molecule has 0 fully saturated rings. The van der Waals surface area contributed by atoms with Crippen LogP contribution < -0.4 is 10.6 Å². The number of hydrogen-bond donors (Lipinski definition) is 2. The van der Waals surface area contributed by atoms with Crippen molar-refractivity contribution >= 4 is 56.4 Å². The number of rotatable bonds is 10. The molecule has 2 aromatic heterocycles. The SMILES string of the molecule is CCNc1nnc(SCC(=O)Nc2scc(CC(C)C)c2C(=O)OCC)s1. The molecule has 0 spiro atoms. The van der Waals surface area contributed by atoms with E-state index in [0.717, 1.165) is 28.0 Å². The third-order valence-electron chi connectivity index (χ3n) is 3.29. The fraction of sp³-hybridized carbons (Fsp3) is 0.529. The van der Waals surface area contributed by atoms with Crippen molar-refractivity contribution in [1.82, 2.24) is 10.2 Å². The first kappa shape index (κ1) is 21.6. The number of anilines is 2. The molecule has 0 bridgehead atoms. The maximum absolute atomic E-state index is 12.4. The number of thioether (sulfide) groups is 1. The lowest BCUT2D eigenvalue weighted by Crippen LogP contribution is -2.17. The van der Waals surface area contributed by atoms with Crippen molar-refractivity contribution in [1.29, 1.82) is 0 Å². The van der Waals surface area contributed by atoms with Gasteiger partial charge in [0.2, 0.25) is 11.0 Å². The number of aromatic nitrogens is 2. The van der Waals surface area contributed by atoms with Crippen molar-refractivity contribution in [2.24, 2.45) is 5.92 Å². The zero-order valence-corrected chi connectivity index (χ0v) is 18.3. The van der Waals surface area contributed by atoms with Crippen LogP contribution in [0.25, 0.3) is 0 Å². The number of ether oxygens (including phenoxy) is 1. The summed E-state index contributed by atoms with van der Waals surface area (Å²) >= 11 is 4.08. The van der Waals surface area contributed by atoms with Crippen molar-refractivity contribution in [2.45, 2.75) is 38.5 Å². The Labute approximate surface area is 171 Å². The second-order valence-corrected chi connectivity index (χ2v) is 9.10. The van der Waals surface area contributed by atoms with Gasteiger partial charge in [0.15, 0.2) is 4.34 Å². The van der Waals surface area contributed by atoms with Crippen molar-refractivity contribution in [3.05, 3.63) is 16.5 Å². The summed E-state index contributed by atoms with van der Waals surface area (Å²) < 4.78 is 5.89. The number of thiophene rings is 1. The first-order valence-electron chi connectivity index (χ1n) is 8.72. The fourth-order valence-electron chi connectivity index (χ4n) is 2.28. The summed E-state index contributed by atoms with van der Waals surface area (Å²) in [5.41, 5.74) is 1.38. The highest BCUT2D eigenvalue weighted by Gasteiger charge is 2.22. The molecule has 7 nitrogen and oxygen atoms in total. The molecule has 148 valence electrons. The van der Waals surface area contributed by atoms with Crippen LogP contribution in [0.15, 0.2) is 9.72 Å². The maximum atomic E-state index is 12.4. The highest BCUT2D eigenvalue weighted by Crippen LogP contribution is 2.31. The van der Waals surface area contributed by atoms with Gasteiger partial charge < -0.3 is 15.4 Å². The van der Waals surface area contributed by atoms with Crippen molar-refractivity contribution in [3.63, 3.8) is 0 Å². The number of esters is 1. The largest absolute Gasteiger partial charge is 0.462 e. The predicted molar refractivity (Wildman–Crippen MR) is 112 cm³/mol. The Bertz CT molecular complexity index is 773. The second kappa shape index (κ2) is 10.6. The molecule has 0 radical (unpaired) electrons. The summed E-state index contributed by atoms with van der Waals surface area (Å²) in [4.78, 5) is 24.7. The minimum atomic E-state index is -0.392. The number of carbonyl (C=O) groups excluding carboxylic acids is 2. The highest BCUT2D eigenvalue weighted by molar-refractivity contribution is 8.01. The summed E-state index contributed by atoms with van der Waals surface area (Å²) in [5.74, 6) is 0.0103. The van der Waals surface area contributed by atoms with Gasteiger partial charge in [0.05, 0.1) is 17.9 Å². The quantitative estimate of drug-likeness (QED) is 0.434. The van der Waals surface area contributed by atoms with Gasteiger partial charge in [-0.25, -0.2) is 4.79 Å². The molecule has 0 aliphatic rings. The lowest BCUT2D eigenvalue weighted by Gasteiger charge is -2.09. The Morgan fingerprint density at radius 2 is 2.07 bits per heavy atom. The minimum absolute atomic E-state index is 0.191. The fourth-order valence-corrected chi connectivity index (χ4v) is 4.88. The zero-order valence-electron chi connectivity index (χ0n) is 15.8. The standard InChI is InChI=1S/C17H24N4O3S3/c1-5-18-16-20-21-17(27-16)26-9-12(22)19-14-13(15(23)24-6-2)11(8-25-14)7-10(3)4/h8,10H,5-7,9H2,1-4H3,(H,18,20)(H,19,22). The van der Waals surface area contributed by atoms with E-state index >= 15 is 0 Å². The first-order valence-corrected chi connectivity index (χ1v) is 11.4. The molecule has 27 heavy (non-hydrogen) atoms. The molecule has 0 unspecified atom stereocenters. The molecular weight excluding hydrogens is 404 g/mol. The molecule has 2 N–H and O–H groups in total. The van der Waals surface area contributed by atoms with Crippen molar-refractivity contribution in [2.75, 3.05) is 29.5 Å². The molecular formula is C17H24N4O3S3. The van der Waals surface area contributed by atoms with E-state index in [1.165, 1.54) is 34.4 Å². The Hall–Kier alpha value is -1.65. The number of hydrogen-bond acceptors (Lipinski definition) is 9. The van der Waals surface area contributed by atoms with Crippen LogP contribution >= 0.6 is 34.4 Å². The lowest BCUT2D eigenvalue weighted by atomic mass is 10.0. The summed E-state index contributed by atoms with van der Waals surface area (Å²) in [7, 11) is 0. The minimum Gasteiger partial charge on any atom is -0.462 e. The van der Waals surface area contributed by atoms with Crippen LogP contribution in [-0.4, -0.2) is 41.0 Å². The molecule has 0 atom stereocenters. The average molecular weight is 429 g/mol. The third kappa shape index (κ3) is 6.47. The van der Waals surface area contributed by atoms with Gasteiger partial charge in [0, 0.05) is 6.54 Å². The van der Waals surface area contributed by atoms with Gasteiger partial charge in [0.1, 0.15) is 5.00 Å². The molecule has 2 aromatic rings. The highest BCUT2D eigenvalue weighted by atomic mass is 32.2. The van der Waals surface area contributed by atoms with Crippen molar-refractivity contribution < 1.29 is 14.3 Å². The zero-order chi connectivity index (χ0) is 19.8. The summed E-state index contributed by atoms with van der Waals surface area (Å²) in [5, 5.41) is 17.2. The van der Waals surface area contributed by atoms with E-state index in [1.54, 1.807) is 6.92 Å². The molecule has 0 aliphatic heterocycles. The van der Waals surface area contributed by atoms with Gasteiger partial charge in [-0.15, -0.1) is 21.5 Å². The Morgan fingerprint density at radius 1 is 1.30 bits per heavy atom. The second-order valence-electron chi connectivity index (χ2n) is 6.02. The van der Waals surface area contributed by atoms with Crippen LogP contribution in [0.3, 0.4) is 0 Å². The predicted octanol–water partition coefficient (Wildman–Crippen LogP) is 4.14. The molecule has 0 saturated heterocycles. The summed E-state index contributed by atoms with van der Waals surface area (Å²) in [6.07, 6.45) is 0.757. The van der Waals surface area contributed by atoms with E-state index < -0.39 is 5.97 Å². The van der Waals surface area contributed by atoms with Crippen LogP contribution in [0.2, 0.25) is 0 Å². The van der Waals surface area contributed by atoms with Crippen LogP contribution in [-0.2, 0) is 16.0 Å². The van der Waals surface area contributed by atoms with Gasteiger partial charge in [-0.2, -0.15) is 0 Å². The van der Waals surface area contributed by atoms with Gasteiger partial charge >= 0.3 is 5.97 Å². The number of carbonyl (C=O) groups is 2. The molecule has 10 heteroatoms. The van der Waals surface area contributed by atoms with Crippen LogP contribution in [0.4, 0.5) is 10.1 Å². The normalized spacial score (nSPS) is 10.9. The van der Waals surface area contributed by atoms with E-state index in [1.807, 2.05) is 12.3 Å². The monoisotopic (exact) mass is 428 g/mol. The summed E-state index contributed by atoms with van der Waals surface area (Å²) in [6, 6.07) is 0. The van der Waals surface area contributed by atoms with Gasteiger partial charge in [-0.1, -0.05) is 36.9 Å². The topological polar surface area (TPSA) is 93.2 Å². The Balaban J connectivity index is 2.02. The number of nitrogens with one attached hydrogen (secondary N) is 2. The van der Waals surface area contributed by atoms with Gasteiger partial charge in [-0.3, -0.25) is 4.79 Å². The smallest absolute Gasteiger partial charge is 0.341 e. The van der Waals surface area contributed by atoms with E-state index in [0.29, 0.717) is 23.1 Å². The number of amides is 1. The van der Waals surface area contributed by atoms with Gasteiger partial charge in [-0.05, 0) is 37.1 Å². The molecule has 1 amide bonds. The van der Waals surface area contributed by atoms with Crippen molar-refractivity contribution in [3.8, 4) is 0 Å². The average Bonchev–Trinajstić information content (AvgIpc) is 3.20. The molecule has 0 aliphatic carbocycles. The molecule has 2 rings (SSSR count). The number of nitrogens with zero attached hydrogens (tertiary/aromatic N) is 2. The van der Waals surface area contributed by atoms with Crippen LogP contribution in [0.1, 0.15) is 43.6 Å².